The molecule has 0 amide bonds. The first-order valence-electron chi connectivity index (χ1n) is 30.8. The molecule has 1 N–H and O–H groups in total. The summed E-state index contributed by atoms with van der Waals surface area (Å²) >= 11 is 6.12. The fraction of sp³-hybridized carbons (Fsp3) is 0. The van der Waals surface area contributed by atoms with Crippen LogP contribution in [0, 0.1) is 0 Å². The monoisotopic (exact) mass is 1040 g/mol. The van der Waals surface area contributed by atoms with Gasteiger partial charge in [0.2, 0.25) is 0 Å². The van der Waals surface area contributed by atoms with Gasteiger partial charge in [-0.15, -0.1) is 0 Å². The van der Waals surface area contributed by atoms with Crippen molar-refractivity contribution in [1.82, 2.24) is 29.5 Å². The number of aromatic nitrogens is 6. The van der Waals surface area contributed by atoms with E-state index in [1.165, 1.54) is 60.4 Å². The van der Waals surface area contributed by atoms with Gasteiger partial charge in [-0.1, -0.05) is 218 Å². The van der Waals surface area contributed by atoms with E-state index in [4.69, 9.17) is 35.3 Å². The second kappa shape index (κ2) is 17.9. The number of nitrogens with one attached hydrogen (secondary N) is 1. The molecule has 0 fully saturated rings. The van der Waals surface area contributed by atoms with E-state index in [0.717, 1.165) is 49.3 Å². The lowest BCUT2D eigenvalue weighted by Crippen LogP contribution is -2.03. The van der Waals surface area contributed by atoms with Gasteiger partial charge in [0, 0.05) is 43.7 Å². The summed E-state index contributed by atoms with van der Waals surface area (Å²) in [7, 11) is 0. The number of rotatable bonds is 3. The van der Waals surface area contributed by atoms with E-state index < -0.39 is 36.3 Å². The Morgan fingerprint density at radius 3 is 1.37 bits per heavy atom. The summed E-state index contributed by atoms with van der Waals surface area (Å²) in [5, 5.41) is 9.81. The molecule has 0 atom stereocenters. The third-order valence-corrected chi connectivity index (χ3v) is 15.5. The summed E-state index contributed by atoms with van der Waals surface area (Å²) in [4.78, 5) is 22.2. The molecule has 16 aromatic rings. The molecule has 2 aliphatic rings. The Morgan fingerprint density at radius 1 is 0.329 bits per heavy atom. The van der Waals surface area contributed by atoms with Crippen LogP contribution < -0.4 is 0 Å². The highest BCUT2D eigenvalue weighted by atomic mass is 35.5. The molecule has 0 saturated carbocycles. The molecule has 2 aliphatic carbocycles. The molecule has 12 aromatic carbocycles. The van der Waals surface area contributed by atoms with Crippen LogP contribution in [-0.4, -0.2) is 29.5 Å². The molecule has 79 heavy (non-hydrogen) atoms. The van der Waals surface area contributed by atoms with E-state index in [9.17, 15) is 0 Å². The molecule has 0 aliphatic heterocycles. The van der Waals surface area contributed by atoms with E-state index >= 15 is 0 Å². The van der Waals surface area contributed by atoms with Gasteiger partial charge in [-0.25, -0.2) is 19.9 Å². The zero-order valence-electron chi connectivity index (χ0n) is 51.6. The van der Waals surface area contributed by atoms with Crippen LogP contribution in [0.4, 0.5) is 0 Å². The fourth-order valence-corrected chi connectivity index (χ4v) is 12.2. The lowest BCUT2D eigenvalue weighted by atomic mass is 9.93. The minimum atomic E-state index is -0.455. The Labute approximate surface area is 472 Å². The van der Waals surface area contributed by atoms with Crippen molar-refractivity contribution in [1.29, 1.82) is 0 Å². The number of hydrogen-bond donors (Lipinski definition) is 1. The van der Waals surface area contributed by atoms with Gasteiger partial charge >= 0.3 is 0 Å². The van der Waals surface area contributed by atoms with Crippen molar-refractivity contribution in [3.63, 3.8) is 0 Å². The summed E-state index contributed by atoms with van der Waals surface area (Å²) in [5.74, 6) is 0.407. The van der Waals surface area contributed by atoms with Crippen molar-refractivity contribution in [2.75, 3.05) is 0 Å². The summed E-state index contributed by atoms with van der Waals surface area (Å²) in [6, 6.07) is 62.3. The van der Waals surface area contributed by atoms with Crippen molar-refractivity contribution in [3.05, 3.63) is 260 Å². The highest BCUT2D eigenvalue weighted by molar-refractivity contribution is 6.33. The number of benzene rings is 12. The Morgan fingerprint density at radius 2 is 0.759 bits per heavy atom. The minimum Gasteiger partial charge on any atom is -0.354 e. The van der Waals surface area contributed by atoms with E-state index in [1.54, 1.807) is 24.3 Å². The largest absolute Gasteiger partial charge is 0.354 e. The summed E-state index contributed by atoms with van der Waals surface area (Å²) in [6.45, 7) is 0. The molecule has 0 bridgehead atoms. The molecule has 0 saturated heterocycles. The van der Waals surface area contributed by atoms with Crippen LogP contribution in [0.2, 0.25) is 5.15 Å². The number of para-hydroxylation sites is 4. The maximum Gasteiger partial charge on any atom is 0.165 e. The molecule has 368 valence electrons. The summed E-state index contributed by atoms with van der Waals surface area (Å²) in [5.41, 5.74) is 16.7. The van der Waals surface area contributed by atoms with E-state index in [2.05, 4.69) is 154 Å². The standard InChI is InChI=1S/C36H21N3.C22H13N.C14H9ClN2/c1-2-10-23(11-3-1)35-36(38-29-18-7-6-17-28(29)37-35)39-30-19-9-16-27-25-14-5-4-13-24(25)26-15-8-12-22-20-21-31(39)34(32(22)26)33(27)30;1-2-7-15-14(6-1)16-8-3-5-13-11-12-19-22(20(13)16)21-17(15)9-4-10-18(21)23-19;15-14-13(10-6-2-1-3-7-10)16-11-8-4-5-9-12(11)17-14/h1-21H;1-12,23H;1-9H/i1D,2D,3D,10D,11D;;1D,2D,3D,6D,7D. The van der Waals surface area contributed by atoms with Gasteiger partial charge in [0.1, 0.15) is 11.4 Å². The third kappa shape index (κ3) is 7.05. The zero-order valence-corrected chi connectivity index (χ0v) is 42.3. The van der Waals surface area contributed by atoms with Gasteiger partial charge in [0.25, 0.3) is 0 Å². The molecule has 0 unspecified atom stereocenters. The molecule has 18 rings (SSSR count). The smallest absolute Gasteiger partial charge is 0.165 e. The molecule has 0 spiro atoms. The summed E-state index contributed by atoms with van der Waals surface area (Å²) in [6.07, 6.45) is 0. The van der Waals surface area contributed by atoms with Gasteiger partial charge < -0.3 is 4.98 Å². The molecular formula is C72H43ClN6. The van der Waals surface area contributed by atoms with E-state index in [0.29, 0.717) is 27.9 Å². The molecule has 7 heteroatoms. The predicted octanol–water partition coefficient (Wildman–Crippen LogP) is 19.3. The van der Waals surface area contributed by atoms with Crippen LogP contribution in [0.25, 0.3) is 160 Å². The number of nitrogens with zero attached hydrogens (tertiary/aromatic N) is 5. The van der Waals surface area contributed by atoms with E-state index in [-0.39, 0.29) is 51.8 Å². The lowest BCUT2D eigenvalue weighted by Gasteiger charge is -2.15. The predicted molar refractivity (Wildman–Crippen MR) is 329 cm³/mol. The Bertz CT molecular complexity index is 5730. The highest BCUT2D eigenvalue weighted by Gasteiger charge is 2.27. The van der Waals surface area contributed by atoms with Crippen molar-refractivity contribution in [3.8, 4) is 72.8 Å². The van der Waals surface area contributed by atoms with Crippen LogP contribution in [-0.2, 0) is 0 Å². The van der Waals surface area contributed by atoms with Crippen LogP contribution >= 0.6 is 11.6 Å². The Balaban J connectivity index is 0.000000119. The number of aromatic amines is 1. The minimum absolute atomic E-state index is 0.00256. The Kier molecular flexibility index (Phi) is 8.14. The van der Waals surface area contributed by atoms with Gasteiger partial charge in [0.05, 0.1) is 46.8 Å². The number of hydrogen-bond acceptors (Lipinski definition) is 4. The molecule has 4 heterocycles. The fourth-order valence-electron chi connectivity index (χ4n) is 12.0. The maximum absolute atomic E-state index is 8.84. The molecular weight excluding hydrogens is 984 g/mol. The SMILES string of the molecule is [2H]c1c([2H])c([2H])c(-c2nc3ccccc3nc2-n2c3cccc4c3c3c5c(cccc5ccc32)-c2ccccc2-4)c([2H])c1[2H].[2H]c1c([2H])c([2H])c(-c2nc3ccccc3nc2Cl)c([2H])c1[2H].c1ccc2c(c1)-c1cccc3ccc4[nH]c5cccc-2c5c4c13. The van der Waals surface area contributed by atoms with Crippen LogP contribution in [0.5, 0.6) is 0 Å². The lowest BCUT2D eigenvalue weighted by molar-refractivity contribution is 1.08. The molecule has 6 nitrogen and oxygen atoms in total. The topological polar surface area (TPSA) is 72.3 Å². The van der Waals surface area contributed by atoms with Crippen LogP contribution in [0.3, 0.4) is 0 Å². The first kappa shape index (κ1) is 35.9. The average Bonchev–Trinajstić information content (AvgIpc) is 1.57. The first-order valence-corrected chi connectivity index (χ1v) is 26.1. The van der Waals surface area contributed by atoms with Gasteiger partial charge in [-0.3, -0.25) is 4.57 Å². The van der Waals surface area contributed by atoms with Crippen molar-refractivity contribution >= 4 is 98.8 Å². The second-order valence-corrected chi connectivity index (χ2v) is 19.8. The highest BCUT2D eigenvalue weighted by Crippen LogP contribution is 2.51. The maximum atomic E-state index is 8.84. The van der Waals surface area contributed by atoms with Gasteiger partial charge in [-0.2, -0.15) is 0 Å². The van der Waals surface area contributed by atoms with Gasteiger partial charge in [-0.05, 0) is 115 Å². The van der Waals surface area contributed by atoms with Crippen LogP contribution in [0.15, 0.2) is 255 Å². The van der Waals surface area contributed by atoms with E-state index in [1.807, 2.05) is 34.9 Å². The third-order valence-electron chi connectivity index (χ3n) is 15.2. The number of halogens is 1. The first-order chi connectivity index (χ1) is 43.3. The van der Waals surface area contributed by atoms with Crippen molar-refractivity contribution in [2.45, 2.75) is 0 Å². The molecule has 0 radical (unpaired) electrons. The normalized spacial score (nSPS) is 13.6. The van der Waals surface area contributed by atoms with Crippen molar-refractivity contribution < 1.29 is 13.7 Å². The van der Waals surface area contributed by atoms with Gasteiger partial charge in [0.15, 0.2) is 11.0 Å². The van der Waals surface area contributed by atoms with Crippen LogP contribution in [0.1, 0.15) is 13.7 Å². The summed E-state index contributed by atoms with van der Waals surface area (Å²) < 4.78 is 83.8. The number of fused-ring (bicyclic) bond motifs is 8. The average molecular weight is 1040 g/mol. The molecule has 4 aromatic heterocycles. The Hall–Kier alpha value is -10.3. The van der Waals surface area contributed by atoms with Crippen molar-refractivity contribution in [2.24, 2.45) is 0 Å². The number of H-pyrrole nitrogens is 1. The second-order valence-electron chi connectivity index (χ2n) is 19.5. The quantitative estimate of drug-likeness (QED) is 0.191. The zero-order chi connectivity index (χ0) is 60.8.